The molecule has 0 spiro atoms. The van der Waals surface area contributed by atoms with Crippen LogP contribution in [-0.4, -0.2) is 43.7 Å². The van der Waals surface area contributed by atoms with Gasteiger partial charge in [-0.2, -0.15) is 0 Å². The van der Waals surface area contributed by atoms with Gasteiger partial charge in [-0.25, -0.2) is 0 Å². The number of para-hydroxylation sites is 1. The van der Waals surface area contributed by atoms with E-state index in [2.05, 4.69) is 38.7 Å². The number of carbonyl (C=O) groups is 1. The molecule has 2 N–H and O–H groups in total. The molecule has 0 bridgehead atoms. The number of hydrogen-bond donors (Lipinski definition) is 2. The van der Waals surface area contributed by atoms with E-state index in [-0.39, 0.29) is 5.91 Å². The van der Waals surface area contributed by atoms with E-state index in [1.807, 2.05) is 42.7 Å². The Kier molecular flexibility index (Phi) is 7.35. The lowest BCUT2D eigenvalue weighted by atomic mass is 10.0. The minimum Gasteiger partial charge on any atom is -0.496 e. The molecule has 1 fully saturated rings. The van der Waals surface area contributed by atoms with Crippen molar-refractivity contribution >= 4 is 17.3 Å². The van der Waals surface area contributed by atoms with Crippen LogP contribution in [0.5, 0.6) is 5.75 Å². The minimum atomic E-state index is -0.173. The third kappa shape index (κ3) is 5.65. The van der Waals surface area contributed by atoms with Gasteiger partial charge < -0.3 is 20.3 Å². The minimum absolute atomic E-state index is 0.173. The number of pyridine rings is 1. The van der Waals surface area contributed by atoms with Gasteiger partial charge in [0.25, 0.3) is 5.91 Å². The number of nitrogens with one attached hydrogen (secondary N) is 2. The summed E-state index contributed by atoms with van der Waals surface area (Å²) in [5, 5.41) is 6.64. The molecular formula is C26H30N4O2. The Hall–Kier alpha value is -3.38. The normalized spacial score (nSPS) is 14.2. The molecule has 1 aromatic heterocycles. The van der Waals surface area contributed by atoms with E-state index in [1.54, 1.807) is 19.2 Å². The Labute approximate surface area is 189 Å². The maximum absolute atomic E-state index is 12.6. The molecule has 2 heterocycles. The van der Waals surface area contributed by atoms with Gasteiger partial charge in [0.1, 0.15) is 5.75 Å². The number of methoxy groups -OCH3 is 1. The van der Waals surface area contributed by atoms with Gasteiger partial charge in [0, 0.05) is 42.9 Å². The molecule has 1 amide bonds. The maximum atomic E-state index is 12.6. The summed E-state index contributed by atoms with van der Waals surface area (Å²) in [4.78, 5) is 19.2. The van der Waals surface area contributed by atoms with Crippen LogP contribution in [0.4, 0.5) is 11.4 Å². The second-order valence-electron chi connectivity index (χ2n) is 8.03. The fraction of sp³-hybridized carbons (Fsp3) is 0.308. The summed E-state index contributed by atoms with van der Waals surface area (Å²) in [7, 11) is 1.57. The summed E-state index contributed by atoms with van der Waals surface area (Å²) in [5.41, 5.74) is 3.76. The van der Waals surface area contributed by atoms with Crippen LogP contribution >= 0.6 is 0 Å². The van der Waals surface area contributed by atoms with Gasteiger partial charge >= 0.3 is 0 Å². The van der Waals surface area contributed by atoms with E-state index in [0.29, 0.717) is 17.4 Å². The maximum Gasteiger partial charge on any atom is 0.259 e. The Balaban J connectivity index is 1.24. The molecular weight excluding hydrogens is 400 g/mol. The van der Waals surface area contributed by atoms with Crippen molar-refractivity contribution in [2.75, 3.05) is 37.0 Å². The Morgan fingerprint density at radius 3 is 2.56 bits per heavy atom. The SMILES string of the molecule is COc1ccccc1C(=O)Nc1ccc(N2CCC(NCCc3cccnc3)CC2)cc1. The average molecular weight is 431 g/mol. The van der Waals surface area contributed by atoms with Gasteiger partial charge in [-0.15, -0.1) is 0 Å². The van der Waals surface area contributed by atoms with Crippen LogP contribution in [0, 0.1) is 0 Å². The zero-order valence-electron chi connectivity index (χ0n) is 18.5. The molecule has 166 valence electrons. The number of benzene rings is 2. The van der Waals surface area contributed by atoms with Crippen molar-refractivity contribution in [3.8, 4) is 5.75 Å². The number of rotatable bonds is 8. The number of aromatic nitrogens is 1. The molecule has 4 rings (SSSR count). The second-order valence-corrected chi connectivity index (χ2v) is 8.03. The van der Waals surface area contributed by atoms with Crippen molar-refractivity contribution in [3.05, 3.63) is 84.2 Å². The van der Waals surface area contributed by atoms with Crippen LogP contribution in [0.1, 0.15) is 28.8 Å². The first-order valence-corrected chi connectivity index (χ1v) is 11.1. The zero-order chi connectivity index (χ0) is 22.2. The summed E-state index contributed by atoms with van der Waals surface area (Å²) in [6, 6.07) is 20.0. The molecule has 6 heteroatoms. The molecule has 0 unspecified atom stereocenters. The van der Waals surface area contributed by atoms with Crippen molar-refractivity contribution in [1.82, 2.24) is 10.3 Å². The number of amides is 1. The molecule has 1 aliphatic rings. The van der Waals surface area contributed by atoms with Gasteiger partial charge in [-0.1, -0.05) is 18.2 Å². The van der Waals surface area contributed by atoms with Gasteiger partial charge in [0.2, 0.25) is 0 Å². The number of carbonyl (C=O) groups excluding carboxylic acids is 1. The van der Waals surface area contributed by atoms with Crippen LogP contribution in [0.2, 0.25) is 0 Å². The lowest BCUT2D eigenvalue weighted by Gasteiger charge is -2.34. The number of anilines is 2. The fourth-order valence-corrected chi connectivity index (χ4v) is 4.09. The molecule has 32 heavy (non-hydrogen) atoms. The van der Waals surface area contributed by atoms with E-state index in [0.717, 1.165) is 44.6 Å². The van der Waals surface area contributed by atoms with Gasteiger partial charge in [0.15, 0.2) is 0 Å². The first-order valence-electron chi connectivity index (χ1n) is 11.1. The van der Waals surface area contributed by atoms with Gasteiger partial charge in [-0.3, -0.25) is 9.78 Å². The predicted octanol–water partition coefficient (Wildman–Crippen LogP) is 4.14. The van der Waals surface area contributed by atoms with Crippen LogP contribution < -0.4 is 20.3 Å². The summed E-state index contributed by atoms with van der Waals surface area (Å²) in [6.07, 6.45) is 7.01. The first kappa shape index (κ1) is 21.8. The topological polar surface area (TPSA) is 66.5 Å². The lowest BCUT2D eigenvalue weighted by Crippen LogP contribution is -2.43. The van der Waals surface area contributed by atoms with Gasteiger partial charge in [-0.05, 0) is 73.8 Å². The highest BCUT2D eigenvalue weighted by Crippen LogP contribution is 2.24. The average Bonchev–Trinajstić information content (AvgIpc) is 2.85. The molecule has 0 aliphatic carbocycles. The third-order valence-corrected chi connectivity index (χ3v) is 5.91. The standard InChI is InChI=1S/C26H30N4O2/c1-32-25-7-3-2-6-24(25)26(31)29-22-8-10-23(11-9-22)30-17-13-21(14-18-30)28-16-12-20-5-4-15-27-19-20/h2-11,15,19,21,28H,12-14,16-18H2,1H3,(H,29,31). The van der Waals surface area contributed by atoms with E-state index in [1.165, 1.54) is 11.3 Å². The third-order valence-electron chi connectivity index (χ3n) is 5.91. The molecule has 3 aromatic rings. The fourth-order valence-electron chi connectivity index (χ4n) is 4.09. The smallest absolute Gasteiger partial charge is 0.259 e. The summed E-state index contributed by atoms with van der Waals surface area (Å²) in [6.45, 7) is 3.03. The van der Waals surface area contributed by atoms with Crippen LogP contribution in [-0.2, 0) is 6.42 Å². The van der Waals surface area contributed by atoms with E-state index in [4.69, 9.17) is 4.74 Å². The van der Waals surface area contributed by atoms with Crippen LogP contribution in [0.15, 0.2) is 73.1 Å². The Bertz CT molecular complexity index is 1000. The van der Waals surface area contributed by atoms with Crippen molar-refractivity contribution in [3.63, 3.8) is 0 Å². The Morgan fingerprint density at radius 1 is 1.06 bits per heavy atom. The van der Waals surface area contributed by atoms with Crippen LogP contribution in [0.3, 0.4) is 0 Å². The molecule has 0 saturated carbocycles. The molecule has 0 radical (unpaired) electrons. The number of ether oxygens (including phenoxy) is 1. The molecule has 6 nitrogen and oxygen atoms in total. The second kappa shape index (κ2) is 10.8. The van der Waals surface area contributed by atoms with Crippen molar-refractivity contribution in [2.24, 2.45) is 0 Å². The number of piperidine rings is 1. The monoisotopic (exact) mass is 430 g/mol. The molecule has 2 aromatic carbocycles. The number of nitrogens with zero attached hydrogens (tertiary/aromatic N) is 2. The highest BCUT2D eigenvalue weighted by Gasteiger charge is 2.19. The molecule has 1 saturated heterocycles. The summed E-state index contributed by atoms with van der Waals surface area (Å²) < 4.78 is 5.28. The Morgan fingerprint density at radius 2 is 1.84 bits per heavy atom. The van der Waals surface area contributed by atoms with Crippen LogP contribution in [0.25, 0.3) is 0 Å². The van der Waals surface area contributed by atoms with E-state index in [9.17, 15) is 4.79 Å². The van der Waals surface area contributed by atoms with E-state index >= 15 is 0 Å². The lowest BCUT2D eigenvalue weighted by molar-refractivity contribution is 0.102. The predicted molar refractivity (Wildman–Crippen MR) is 129 cm³/mol. The zero-order valence-corrected chi connectivity index (χ0v) is 18.5. The van der Waals surface area contributed by atoms with Crippen molar-refractivity contribution < 1.29 is 9.53 Å². The molecule has 1 aliphatic heterocycles. The highest BCUT2D eigenvalue weighted by atomic mass is 16.5. The first-order chi connectivity index (χ1) is 15.7. The summed E-state index contributed by atoms with van der Waals surface area (Å²) >= 11 is 0. The largest absolute Gasteiger partial charge is 0.496 e. The summed E-state index contributed by atoms with van der Waals surface area (Å²) in [5.74, 6) is 0.395. The van der Waals surface area contributed by atoms with Crippen molar-refractivity contribution in [1.29, 1.82) is 0 Å². The van der Waals surface area contributed by atoms with E-state index < -0.39 is 0 Å². The van der Waals surface area contributed by atoms with Gasteiger partial charge in [0.05, 0.1) is 12.7 Å². The van der Waals surface area contributed by atoms with Crippen molar-refractivity contribution in [2.45, 2.75) is 25.3 Å². The quantitative estimate of drug-likeness (QED) is 0.562. The highest BCUT2D eigenvalue weighted by molar-refractivity contribution is 6.06. The molecule has 0 atom stereocenters. The number of hydrogen-bond acceptors (Lipinski definition) is 5.